The molecule has 1 aromatic heterocycles. The van der Waals surface area contributed by atoms with Crippen molar-refractivity contribution in [3.8, 4) is 0 Å². The van der Waals surface area contributed by atoms with E-state index in [1.54, 1.807) is 11.3 Å². The molecule has 0 amide bonds. The van der Waals surface area contributed by atoms with Gasteiger partial charge in [-0.05, 0) is 48.1 Å². The molecule has 0 fully saturated rings. The fraction of sp³-hybridized carbons (Fsp3) is 0.375. The Hall–Kier alpha value is -1.03. The largest absolute Gasteiger partial charge is 0.369 e. The van der Waals surface area contributed by atoms with E-state index in [2.05, 4.69) is 42.5 Å². The summed E-state index contributed by atoms with van der Waals surface area (Å²) in [7, 11) is 2.12. The topological polar surface area (TPSA) is 29.3 Å². The molecule has 0 radical (unpaired) electrons. The number of hydrogen-bond acceptors (Lipinski definition) is 3. The molecule has 1 atom stereocenters. The van der Waals surface area contributed by atoms with Gasteiger partial charge in [0.2, 0.25) is 0 Å². The van der Waals surface area contributed by atoms with Gasteiger partial charge in [-0.3, -0.25) is 0 Å². The summed E-state index contributed by atoms with van der Waals surface area (Å²) >= 11 is 7.91. The van der Waals surface area contributed by atoms with Crippen molar-refractivity contribution < 1.29 is 0 Å². The van der Waals surface area contributed by atoms with Gasteiger partial charge in [0.1, 0.15) is 0 Å². The summed E-state index contributed by atoms with van der Waals surface area (Å²) in [5.41, 5.74) is 8.54. The first-order valence-electron chi connectivity index (χ1n) is 6.87. The summed E-state index contributed by atoms with van der Waals surface area (Å²) in [5.74, 6) is 0. The van der Waals surface area contributed by atoms with Crippen molar-refractivity contribution in [1.29, 1.82) is 0 Å². The SMILES string of the molecule is CCC(N)Cc1cc(Cl)ccc1N(C)Cc1cccs1. The molecule has 0 saturated heterocycles. The summed E-state index contributed by atoms with van der Waals surface area (Å²) in [5, 5.41) is 2.88. The van der Waals surface area contributed by atoms with Crippen LogP contribution in [0.15, 0.2) is 35.7 Å². The van der Waals surface area contributed by atoms with Crippen LogP contribution < -0.4 is 10.6 Å². The summed E-state index contributed by atoms with van der Waals surface area (Å²) in [6, 6.07) is 10.5. The van der Waals surface area contributed by atoms with Gasteiger partial charge in [-0.1, -0.05) is 24.6 Å². The van der Waals surface area contributed by atoms with Crippen LogP contribution in [-0.2, 0) is 13.0 Å². The molecule has 0 aliphatic heterocycles. The molecular weight excluding hydrogens is 288 g/mol. The highest BCUT2D eigenvalue weighted by molar-refractivity contribution is 7.09. The Labute approximate surface area is 130 Å². The maximum Gasteiger partial charge on any atom is 0.0519 e. The van der Waals surface area contributed by atoms with Crippen LogP contribution in [-0.4, -0.2) is 13.1 Å². The fourth-order valence-electron chi connectivity index (χ4n) is 2.24. The van der Waals surface area contributed by atoms with Crippen molar-refractivity contribution in [2.24, 2.45) is 5.73 Å². The molecule has 1 unspecified atom stereocenters. The van der Waals surface area contributed by atoms with E-state index in [4.69, 9.17) is 17.3 Å². The number of halogens is 1. The Kier molecular flexibility index (Phi) is 5.46. The van der Waals surface area contributed by atoms with Crippen LogP contribution >= 0.6 is 22.9 Å². The van der Waals surface area contributed by atoms with Crippen LogP contribution in [0.1, 0.15) is 23.8 Å². The molecule has 2 nitrogen and oxygen atoms in total. The van der Waals surface area contributed by atoms with E-state index in [9.17, 15) is 0 Å². The van der Waals surface area contributed by atoms with Crippen molar-refractivity contribution in [2.45, 2.75) is 32.4 Å². The highest BCUT2D eigenvalue weighted by atomic mass is 35.5. The van der Waals surface area contributed by atoms with Crippen molar-refractivity contribution in [3.63, 3.8) is 0 Å². The minimum atomic E-state index is 0.183. The number of benzene rings is 1. The molecule has 0 spiro atoms. The van der Waals surface area contributed by atoms with E-state index in [-0.39, 0.29) is 6.04 Å². The minimum Gasteiger partial charge on any atom is -0.369 e. The van der Waals surface area contributed by atoms with Crippen molar-refractivity contribution in [1.82, 2.24) is 0 Å². The van der Waals surface area contributed by atoms with Gasteiger partial charge >= 0.3 is 0 Å². The average molecular weight is 309 g/mol. The number of anilines is 1. The molecule has 2 aromatic rings. The Morgan fingerprint density at radius 2 is 2.15 bits per heavy atom. The zero-order valence-electron chi connectivity index (χ0n) is 12.0. The average Bonchev–Trinajstić information content (AvgIpc) is 2.91. The molecule has 108 valence electrons. The second-order valence-corrected chi connectivity index (χ2v) is 6.55. The van der Waals surface area contributed by atoms with E-state index in [0.29, 0.717) is 0 Å². The van der Waals surface area contributed by atoms with Gasteiger partial charge in [0.15, 0.2) is 0 Å². The molecule has 1 heterocycles. The lowest BCUT2D eigenvalue weighted by Gasteiger charge is -2.23. The standard InChI is InChI=1S/C16H21ClN2S/c1-3-14(18)10-12-9-13(17)6-7-16(12)19(2)11-15-5-4-8-20-15/h4-9,14H,3,10-11,18H2,1-2H3. The van der Waals surface area contributed by atoms with Gasteiger partial charge in [0.25, 0.3) is 0 Å². The van der Waals surface area contributed by atoms with E-state index >= 15 is 0 Å². The quantitative estimate of drug-likeness (QED) is 0.861. The third-order valence-corrected chi connectivity index (χ3v) is 4.53. The summed E-state index contributed by atoms with van der Waals surface area (Å²) in [6.45, 7) is 3.03. The van der Waals surface area contributed by atoms with E-state index in [1.165, 1.54) is 16.1 Å². The maximum absolute atomic E-state index is 6.13. The zero-order chi connectivity index (χ0) is 14.5. The van der Waals surface area contributed by atoms with E-state index in [1.807, 2.05) is 12.1 Å². The van der Waals surface area contributed by atoms with E-state index < -0.39 is 0 Å². The summed E-state index contributed by atoms with van der Waals surface area (Å²) in [6.07, 6.45) is 1.84. The van der Waals surface area contributed by atoms with Gasteiger partial charge in [-0.2, -0.15) is 0 Å². The molecule has 0 saturated carbocycles. The van der Waals surface area contributed by atoms with Gasteiger partial charge < -0.3 is 10.6 Å². The Bertz CT molecular complexity index is 539. The number of rotatable bonds is 6. The number of hydrogen-bond donors (Lipinski definition) is 1. The molecule has 2 rings (SSSR count). The second-order valence-electron chi connectivity index (χ2n) is 5.08. The minimum absolute atomic E-state index is 0.183. The molecule has 0 aliphatic carbocycles. The molecule has 1 aromatic carbocycles. The van der Waals surface area contributed by atoms with Crippen LogP contribution in [0, 0.1) is 0 Å². The monoisotopic (exact) mass is 308 g/mol. The molecule has 4 heteroatoms. The first kappa shape index (κ1) is 15.4. The Balaban J connectivity index is 2.20. The zero-order valence-corrected chi connectivity index (χ0v) is 13.5. The normalized spacial score (nSPS) is 12.4. The number of thiophene rings is 1. The number of nitrogens with two attached hydrogens (primary N) is 1. The van der Waals surface area contributed by atoms with Gasteiger partial charge in [-0.25, -0.2) is 0 Å². The summed E-state index contributed by atoms with van der Waals surface area (Å²) in [4.78, 5) is 3.62. The number of nitrogens with zero attached hydrogens (tertiary/aromatic N) is 1. The molecule has 0 aliphatic rings. The molecule has 20 heavy (non-hydrogen) atoms. The van der Waals surface area contributed by atoms with Crippen LogP contribution in [0.5, 0.6) is 0 Å². The van der Waals surface area contributed by atoms with Gasteiger partial charge in [-0.15, -0.1) is 11.3 Å². The van der Waals surface area contributed by atoms with Gasteiger partial charge in [0, 0.05) is 28.7 Å². The van der Waals surface area contributed by atoms with Gasteiger partial charge in [0.05, 0.1) is 6.54 Å². The molecule has 0 bridgehead atoms. The maximum atomic E-state index is 6.13. The lowest BCUT2D eigenvalue weighted by molar-refractivity contribution is 0.645. The molecular formula is C16H21ClN2S. The second kappa shape index (κ2) is 7.11. The first-order valence-corrected chi connectivity index (χ1v) is 8.13. The van der Waals surface area contributed by atoms with Crippen molar-refractivity contribution in [3.05, 3.63) is 51.2 Å². The van der Waals surface area contributed by atoms with E-state index in [0.717, 1.165) is 24.4 Å². The Morgan fingerprint density at radius 1 is 1.35 bits per heavy atom. The van der Waals surface area contributed by atoms with Crippen molar-refractivity contribution in [2.75, 3.05) is 11.9 Å². The molecule has 2 N–H and O–H groups in total. The van der Waals surface area contributed by atoms with Crippen LogP contribution in [0.4, 0.5) is 5.69 Å². The smallest absolute Gasteiger partial charge is 0.0519 e. The third-order valence-electron chi connectivity index (χ3n) is 3.43. The van der Waals surface area contributed by atoms with Crippen LogP contribution in [0.25, 0.3) is 0 Å². The summed E-state index contributed by atoms with van der Waals surface area (Å²) < 4.78 is 0. The predicted octanol–water partition coefficient (Wildman–Crippen LogP) is 4.32. The predicted molar refractivity (Wildman–Crippen MR) is 89.8 cm³/mol. The highest BCUT2D eigenvalue weighted by Gasteiger charge is 2.12. The lowest BCUT2D eigenvalue weighted by Crippen LogP contribution is -2.24. The first-order chi connectivity index (χ1) is 9.60. The third kappa shape index (κ3) is 3.98. The Morgan fingerprint density at radius 3 is 2.80 bits per heavy atom. The highest BCUT2D eigenvalue weighted by Crippen LogP contribution is 2.27. The van der Waals surface area contributed by atoms with Crippen LogP contribution in [0.3, 0.4) is 0 Å². The lowest BCUT2D eigenvalue weighted by atomic mass is 10.0. The fourth-order valence-corrected chi connectivity index (χ4v) is 3.19. The van der Waals surface area contributed by atoms with Crippen LogP contribution in [0.2, 0.25) is 5.02 Å². The van der Waals surface area contributed by atoms with Crippen molar-refractivity contribution >= 4 is 28.6 Å².